The molecule has 0 aliphatic carbocycles. The number of nitrogens with zero attached hydrogens (tertiary/aromatic N) is 4. The molecule has 3 aromatic heterocycles. The molecule has 4 aromatic rings. The summed E-state index contributed by atoms with van der Waals surface area (Å²) in [5.41, 5.74) is 3.51. The Morgan fingerprint density at radius 2 is 2.10 bits per heavy atom. The quantitative estimate of drug-likeness (QED) is 0.463. The highest BCUT2D eigenvalue weighted by Crippen LogP contribution is 2.22. The molecule has 150 valence electrons. The van der Waals surface area contributed by atoms with Crippen LogP contribution in [0.3, 0.4) is 0 Å². The van der Waals surface area contributed by atoms with Crippen molar-refractivity contribution in [3.63, 3.8) is 0 Å². The van der Waals surface area contributed by atoms with Gasteiger partial charge in [-0.25, -0.2) is 4.98 Å². The highest BCUT2D eigenvalue weighted by molar-refractivity contribution is 5.80. The third-order valence-corrected chi connectivity index (χ3v) is 5.00. The second-order valence-corrected chi connectivity index (χ2v) is 7.12. The number of pyridine rings is 1. The van der Waals surface area contributed by atoms with Crippen LogP contribution in [0.4, 0.5) is 17.5 Å². The number of methoxy groups -OCH3 is 1. The predicted octanol–water partition coefficient (Wildman–Crippen LogP) is 3.09. The molecule has 0 saturated carbocycles. The van der Waals surface area contributed by atoms with Crippen LogP contribution in [0.25, 0.3) is 16.7 Å². The molecule has 0 amide bonds. The Balaban J connectivity index is 1.39. The molecule has 1 fully saturated rings. The van der Waals surface area contributed by atoms with E-state index in [1.807, 2.05) is 40.9 Å². The van der Waals surface area contributed by atoms with E-state index in [4.69, 9.17) is 9.47 Å². The monoisotopic (exact) mass is 393 g/mol. The average Bonchev–Trinajstić information content (AvgIpc) is 3.32. The number of fused-ring (bicyclic) bond motifs is 2. The van der Waals surface area contributed by atoms with Gasteiger partial charge in [0.15, 0.2) is 5.65 Å². The number of aromatic nitrogens is 5. The number of rotatable bonds is 6. The molecule has 9 nitrogen and oxygen atoms in total. The Kier molecular flexibility index (Phi) is 4.74. The Morgan fingerprint density at radius 1 is 1.21 bits per heavy atom. The van der Waals surface area contributed by atoms with E-state index < -0.39 is 0 Å². The van der Waals surface area contributed by atoms with Crippen molar-refractivity contribution in [1.29, 1.82) is 0 Å². The molecule has 9 heteroatoms. The fourth-order valence-electron chi connectivity index (χ4n) is 3.59. The lowest BCUT2D eigenvalue weighted by molar-refractivity contribution is 0.0903. The molecule has 0 radical (unpaired) electrons. The molecule has 1 saturated heterocycles. The maximum atomic E-state index is 5.44. The molecule has 3 N–H and O–H groups in total. The summed E-state index contributed by atoms with van der Waals surface area (Å²) in [5.74, 6) is 2.28. The number of H-pyrrole nitrogens is 1. The number of hydrogen-bond acceptors (Lipinski definition) is 7. The van der Waals surface area contributed by atoms with E-state index in [2.05, 4.69) is 30.7 Å². The summed E-state index contributed by atoms with van der Waals surface area (Å²) in [4.78, 5) is 12.4. The highest BCUT2D eigenvalue weighted by Gasteiger charge is 2.16. The van der Waals surface area contributed by atoms with Crippen molar-refractivity contribution in [2.45, 2.75) is 25.5 Å². The van der Waals surface area contributed by atoms with Gasteiger partial charge in [0.05, 0.1) is 11.0 Å². The van der Waals surface area contributed by atoms with E-state index in [9.17, 15) is 0 Å². The maximum Gasteiger partial charge on any atom is 0.247 e. The van der Waals surface area contributed by atoms with Crippen molar-refractivity contribution in [1.82, 2.24) is 24.6 Å². The van der Waals surface area contributed by atoms with Gasteiger partial charge in [0.2, 0.25) is 5.95 Å². The summed E-state index contributed by atoms with van der Waals surface area (Å²) in [6.07, 6.45) is 1.98. The zero-order valence-corrected chi connectivity index (χ0v) is 16.2. The third kappa shape index (κ3) is 3.74. The summed E-state index contributed by atoms with van der Waals surface area (Å²) in [6.45, 7) is 2.04. The van der Waals surface area contributed by atoms with Gasteiger partial charge in [-0.3, -0.25) is 0 Å². The molecule has 1 aromatic carbocycles. The molecule has 0 bridgehead atoms. The molecule has 29 heavy (non-hydrogen) atoms. The second kappa shape index (κ2) is 7.69. The first kappa shape index (κ1) is 17.9. The fraction of sp³-hybridized carbons (Fsp3) is 0.350. The Morgan fingerprint density at radius 3 is 2.97 bits per heavy atom. The minimum Gasteiger partial charge on any atom is -0.381 e. The smallest absolute Gasteiger partial charge is 0.247 e. The Labute approximate surface area is 167 Å². The molecule has 0 atom stereocenters. The van der Waals surface area contributed by atoms with Crippen molar-refractivity contribution in [2.24, 2.45) is 0 Å². The fourth-order valence-corrected chi connectivity index (χ4v) is 3.59. The summed E-state index contributed by atoms with van der Waals surface area (Å²) in [7, 11) is 1.65. The Bertz CT molecular complexity index is 1130. The van der Waals surface area contributed by atoms with Crippen LogP contribution in [0.5, 0.6) is 0 Å². The largest absolute Gasteiger partial charge is 0.381 e. The zero-order chi connectivity index (χ0) is 19.6. The van der Waals surface area contributed by atoms with Crippen molar-refractivity contribution in [3.05, 3.63) is 42.2 Å². The number of hydrogen-bond donors (Lipinski definition) is 3. The SMILES string of the molecule is COCc1nc2ccc(Nc3nc4cccc(NC5CCOCC5)n4n3)cc2[nH]1. The molecule has 4 heterocycles. The molecule has 1 aliphatic rings. The molecule has 1 aliphatic heterocycles. The summed E-state index contributed by atoms with van der Waals surface area (Å²) in [5, 5.41) is 11.5. The lowest BCUT2D eigenvalue weighted by Crippen LogP contribution is -2.28. The summed E-state index contributed by atoms with van der Waals surface area (Å²) in [6, 6.07) is 12.3. The first-order valence-corrected chi connectivity index (χ1v) is 9.73. The van der Waals surface area contributed by atoms with Crippen LogP contribution >= 0.6 is 0 Å². The molecular weight excluding hydrogens is 370 g/mol. The van der Waals surface area contributed by atoms with E-state index in [1.165, 1.54) is 0 Å². The first-order chi connectivity index (χ1) is 14.3. The minimum absolute atomic E-state index is 0.388. The number of anilines is 3. The molecule has 0 unspecified atom stereocenters. The van der Waals surface area contributed by atoms with Crippen LogP contribution in [0.1, 0.15) is 18.7 Å². The Hall–Kier alpha value is -3.17. The van der Waals surface area contributed by atoms with Gasteiger partial charge in [0.25, 0.3) is 0 Å². The third-order valence-electron chi connectivity index (χ3n) is 5.00. The highest BCUT2D eigenvalue weighted by atomic mass is 16.5. The molecule has 5 rings (SSSR count). The van der Waals surface area contributed by atoms with Gasteiger partial charge in [0, 0.05) is 32.1 Å². The molecular formula is C20H23N7O2. The van der Waals surface area contributed by atoms with E-state index >= 15 is 0 Å². The van der Waals surface area contributed by atoms with Gasteiger partial charge >= 0.3 is 0 Å². The number of nitrogens with one attached hydrogen (secondary N) is 3. The van der Waals surface area contributed by atoms with E-state index in [0.29, 0.717) is 18.6 Å². The van der Waals surface area contributed by atoms with Crippen LogP contribution in [-0.2, 0) is 16.1 Å². The molecule has 0 spiro atoms. The van der Waals surface area contributed by atoms with Gasteiger partial charge in [-0.15, -0.1) is 5.10 Å². The van der Waals surface area contributed by atoms with Crippen molar-refractivity contribution in [3.8, 4) is 0 Å². The first-order valence-electron chi connectivity index (χ1n) is 9.73. The lowest BCUT2D eigenvalue weighted by Gasteiger charge is -2.24. The number of benzene rings is 1. The minimum atomic E-state index is 0.388. The van der Waals surface area contributed by atoms with Gasteiger partial charge in [0.1, 0.15) is 18.2 Å². The van der Waals surface area contributed by atoms with Crippen LogP contribution in [0, 0.1) is 0 Å². The van der Waals surface area contributed by atoms with E-state index in [1.54, 1.807) is 7.11 Å². The van der Waals surface area contributed by atoms with Crippen LogP contribution in [0.15, 0.2) is 36.4 Å². The van der Waals surface area contributed by atoms with Gasteiger partial charge in [-0.1, -0.05) is 6.07 Å². The number of aromatic amines is 1. The zero-order valence-electron chi connectivity index (χ0n) is 16.2. The van der Waals surface area contributed by atoms with Crippen molar-refractivity contribution < 1.29 is 9.47 Å². The summed E-state index contributed by atoms with van der Waals surface area (Å²) >= 11 is 0. The van der Waals surface area contributed by atoms with Crippen molar-refractivity contribution in [2.75, 3.05) is 31.0 Å². The second-order valence-electron chi connectivity index (χ2n) is 7.12. The van der Waals surface area contributed by atoms with Gasteiger partial charge in [-0.05, 0) is 43.2 Å². The van der Waals surface area contributed by atoms with Gasteiger partial charge in [-0.2, -0.15) is 9.50 Å². The predicted molar refractivity (Wildman–Crippen MR) is 111 cm³/mol. The van der Waals surface area contributed by atoms with E-state index in [0.717, 1.165) is 60.1 Å². The van der Waals surface area contributed by atoms with Gasteiger partial charge < -0.3 is 25.1 Å². The normalized spacial score (nSPS) is 15.2. The average molecular weight is 393 g/mol. The topological polar surface area (TPSA) is 101 Å². The van der Waals surface area contributed by atoms with Crippen LogP contribution in [0.2, 0.25) is 0 Å². The van der Waals surface area contributed by atoms with Crippen LogP contribution in [-0.4, -0.2) is 50.9 Å². The van der Waals surface area contributed by atoms with Crippen LogP contribution < -0.4 is 10.6 Å². The van der Waals surface area contributed by atoms with Crippen molar-refractivity contribution >= 4 is 34.1 Å². The van der Waals surface area contributed by atoms with E-state index in [-0.39, 0.29) is 0 Å². The lowest BCUT2D eigenvalue weighted by atomic mass is 10.1. The summed E-state index contributed by atoms with van der Waals surface area (Å²) < 4.78 is 12.4. The number of ether oxygens (including phenoxy) is 2. The number of imidazole rings is 1. The standard InChI is InChI=1S/C20H23N7O2/c1-28-12-17-23-15-6-5-14(11-16(15)24-17)22-20-25-19-4-2-3-18(27(19)26-20)21-13-7-9-29-10-8-13/h2-6,11,13,21H,7-10,12H2,1H3,(H,22,26)(H,23,24). The maximum absolute atomic E-state index is 5.44.